The first-order valence-corrected chi connectivity index (χ1v) is 9.32. The van der Waals surface area contributed by atoms with Crippen molar-refractivity contribution in [3.05, 3.63) is 17.3 Å². The Balaban J connectivity index is 1.32. The average Bonchev–Trinajstić information content (AvgIpc) is 3.17. The van der Waals surface area contributed by atoms with E-state index in [0.29, 0.717) is 6.61 Å². The average molecular weight is 330 g/mol. The van der Waals surface area contributed by atoms with Gasteiger partial charge in [0, 0.05) is 25.7 Å². The number of piperidine rings is 1. The summed E-state index contributed by atoms with van der Waals surface area (Å²) in [5.74, 6) is 1.07. The summed E-state index contributed by atoms with van der Waals surface area (Å²) >= 11 is 0. The number of anilines is 1. The second-order valence-corrected chi connectivity index (χ2v) is 7.15. The van der Waals surface area contributed by atoms with E-state index < -0.39 is 0 Å². The molecule has 3 heterocycles. The fourth-order valence-corrected chi connectivity index (χ4v) is 3.96. The van der Waals surface area contributed by atoms with Crippen molar-refractivity contribution >= 4 is 11.7 Å². The lowest BCUT2D eigenvalue weighted by molar-refractivity contribution is -0.130. The summed E-state index contributed by atoms with van der Waals surface area (Å²) in [7, 11) is 0. The molecule has 1 aromatic rings. The number of carbonyl (C=O) groups is 1. The third-order valence-electron chi connectivity index (χ3n) is 5.44. The number of amides is 1. The van der Waals surface area contributed by atoms with Gasteiger partial charge in [-0.1, -0.05) is 0 Å². The van der Waals surface area contributed by atoms with Gasteiger partial charge in [-0.25, -0.2) is 0 Å². The second kappa shape index (κ2) is 7.05. The molecule has 1 amide bonds. The Morgan fingerprint density at radius 3 is 2.75 bits per heavy atom. The van der Waals surface area contributed by atoms with Crippen LogP contribution in [0.1, 0.15) is 49.8 Å². The van der Waals surface area contributed by atoms with Crippen molar-refractivity contribution < 1.29 is 9.53 Å². The van der Waals surface area contributed by atoms with Crippen LogP contribution in [0.25, 0.3) is 0 Å². The predicted octanol–water partition coefficient (Wildman–Crippen LogP) is 1.62. The van der Waals surface area contributed by atoms with E-state index in [1.807, 2.05) is 0 Å². The molecule has 0 aromatic carbocycles. The third kappa shape index (κ3) is 3.38. The Morgan fingerprint density at radius 2 is 1.96 bits per heavy atom. The number of nitrogens with zero attached hydrogens (tertiary/aromatic N) is 3. The molecule has 1 aliphatic carbocycles. The summed E-state index contributed by atoms with van der Waals surface area (Å²) in [4.78, 5) is 14.5. The lowest BCUT2D eigenvalue weighted by Crippen LogP contribution is -2.47. The molecule has 2 fully saturated rings. The molecule has 1 N–H and O–H groups in total. The van der Waals surface area contributed by atoms with Gasteiger partial charge in [0.15, 0.2) is 5.82 Å². The fraction of sp³-hybridized carbons (Fsp3) is 0.722. The Labute approximate surface area is 143 Å². The van der Waals surface area contributed by atoms with Crippen LogP contribution in [0.2, 0.25) is 0 Å². The number of carbonyl (C=O) groups excluding carboxylic acids is 1. The van der Waals surface area contributed by atoms with Crippen LogP contribution in [0.4, 0.5) is 5.82 Å². The van der Waals surface area contributed by atoms with Crippen molar-refractivity contribution in [3.8, 4) is 0 Å². The molecule has 0 radical (unpaired) electrons. The smallest absolute Gasteiger partial charge is 0.249 e. The number of fused-ring (bicyclic) bond motifs is 1. The number of ether oxygens (including phenoxy) is 1. The standard InChI is InChI=1S/C18H26N4O2/c23-18(16-6-3-11-24-16)19-14-7-9-22(10-8-14)17-12-13-4-1-2-5-15(13)20-21-17/h12,14,16H,1-11H2,(H,19,23). The number of nitrogens with one attached hydrogen (secondary N) is 1. The van der Waals surface area contributed by atoms with E-state index in [0.717, 1.165) is 57.4 Å². The molecule has 4 rings (SSSR count). The molecule has 2 aliphatic heterocycles. The lowest BCUT2D eigenvalue weighted by atomic mass is 9.96. The molecule has 0 saturated carbocycles. The van der Waals surface area contributed by atoms with Crippen molar-refractivity contribution in [2.24, 2.45) is 0 Å². The largest absolute Gasteiger partial charge is 0.368 e. The summed E-state index contributed by atoms with van der Waals surface area (Å²) in [5.41, 5.74) is 2.56. The van der Waals surface area contributed by atoms with Gasteiger partial charge in [0.25, 0.3) is 0 Å². The van der Waals surface area contributed by atoms with E-state index in [1.54, 1.807) is 0 Å². The van der Waals surface area contributed by atoms with Crippen molar-refractivity contribution in [1.29, 1.82) is 0 Å². The molecule has 3 aliphatic rings. The Kier molecular flexibility index (Phi) is 4.65. The summed E-state index contributed by atoms with van der Waals surface area (Å²) in [6.07, 6.45) is 8.23. The number of aryl methyl sites for hydroxylation is 2. The molecule has 1 atom stereocenters. The van der Waals surface area contributed by atoms with Crippen molar-refractivity contribution in [2.45, 2.75) is 63.5 Å². The van der Waals surface area contributed by atoms with E-state index >= 15 is 0 Å². The minimum atomic E-state index is -0.227. The van der Waals surface area contributed by atoms with E-state index in [4.69, 9.17) is 4.74 Å². The number of hydrogen-bond acceptors (Lipinski definition) is 5. The van der Waals surface area contributed by atoms with Gasteiger partial charge in [0.2, 0.25) is 5.91 Å². The van der Waals surface area contributed by atoms with Crippen LogP contribution >= 0.6 is 0 Å². The minimum Gasteiger partial charge on any atom is -0.368 e. The van der Waals surface area contributed by atoms with Crippen LogP contribution in [-0.4, -0.2) is 47.9 Å². The van der Waals surface area contributed by atoms with Crippen LogP contribution in [0.3, 0.4) is 0 Å². The van der Waals surface area contributed by atoms with E-state index in [-0.39, 0.29) is 18.1 Å². The third-order valence-corrected chi connectivity index (χ3v) is 5.44. The molecular weight excluding hydrogens is 304 g/mol. The fourth-order valence-electron chi connectivity index (χ4n) is 3.96. The van der Waals surface area contributed by atoms with Gasteiger partial charge in [-0.3, -0.25) is 4.79 Å². The highest BCUT2D eigenvalue weighted by molar-refractivity contribution is 5.81. The number of hydrogen-bond donors (Lipinski definition) is 1. The van der Waals surface area contributed by atoms with E-state index in [9.17, 15) is 4.79 Å². The molecule has 24 heavy (non-hydrogen) atoms. The summed E-state index contributed by atoms with van der Waals surface area (Å²) in [5, 5.41) is 12.0. The lowest BCUT2D eigenvalue weighted by Gasteiger charge is -2.33. The Morgan fingerprint density at radius 1 is 1.12 bits per heavy atom. The van der Waals surface area contributed by atoms with Crippen molar-refractivity contribution in [3.63, 3.8) is 0 Å². The highest BCUT2D eigenvalue weighted by Crippen LogP contribution is 2.24. The molecule has 0 bridgehead atoms. The monoisotopic (exact) mass is 330 g/mol. The minimum absolute atomic E-state index is 0.0690. The summed E-state index contributed by atoms with van der Waals surface area (Å²) in [6.45, 7) is 2.56. The second-order valence-electron chi connectivity index (χ2n) is 7.15. The number of aromatic nitrogens is 2. The predicted molar refractivity (Wildman–Crippen MR) is 91.0 cm³/mol. The first-order valence-electron chi connectivity index (χ1n) is 9.32. The van der Waals surface area contributed by atoms with Crippen LogP contribution < -0.4 is 10.2 Å². The van der Waals surface area contributed by atoms with Crippen molar-refractivity contribution in [2.75, 3.05) is 24.6 Å². The van der Waals surface area contributed by atoms with Gasteiger partial charge < -0.3 is 15.0 Å². The van der Waals surface area contributed by atoms with Gasteiger partial charge in [0.05, 0.1) is 5.69 Å². The molecule has 130 valence electrons. The van der Waals surface area contributed by atoms with Gasteiger partial charge in [-0.15, -0.1) is 5.10 Å². The molecule has 1 aromatic heterocycles. The first-order chi connectivity index (χ1) is 11.8. The normalized spacial score (nSPS) is 24.7. The maximum atomic E-state index is 12.2. The van der Waals surface area contributed by atoms with Gasteiger partial charge in [0.1, 0.15) is 6.10 Å². The molecule has 0 spiro atoms. The zero-order valence-corrected chi connectivity index (χ0v) is 14.2. The maximum Gasteiger partial charge on any atom is 0.249 e. The zero-order valence-electron chi connectivity index (χ0n) is 14.2. The summed E-state index contributed by atoms with van der Waals surface area (Å²) in [6, 6.07) is 2.48. The highest BCUT2D eigenvalue weighted by atomic mass is 16.5. The van der Waals surface area contributed by atoms with E-state index in [2.05, 4.69) is 26.5 Å². The molecule has 6 heteroatoms. The van der Waals surface area contributed by atoms with Gasteiger partial charge >= 0.3 is 0 Å². The van der Waals surface area contributed by atoms with Crippen LogP contribution in [-0.2, 0) is 22.4 Å². The SMILES string of the molecule is O=C(NC1CCN(c2cc3c(nn2)CCCC3)CC1)C1CCCO1. The molecular formula is C18H26N4O2. The first kappa shape index (κ1) is 15.8. The Bertz CT molecular complexity index is 593. The maximum absolute atomic E-state index is 12.2. The van der Waals surface area contributed by atoms with Gasteiger partial charge in [-0.05, 0) is 63.0 Å². The van der Waals surface area contributed by atoms with Crippen LogP contribution in [0.5, 0.6) is 0 Å². The molecule has 6 nitrogen and oxygen atoms in total. The summed E-state index contributed by atoms with van der Waals surface area (Å²) < 4.78 is 5.46. The molecule has 1 unspecified atom stereocenters. The number of rotatable bonds is 3. The van der Waals surface area contributed by atoms with Gasteiger partial charge in [-0.2, -0.15) is 5.10 Å². The van der Waals surface area contributed by atoms with Crippen LogP contribution in [0, 0.1) is 0 Å². The topological polar surface area (TPSA) is 67.4 Å². The zero-order chi connectivity index (χ0) is 16.4. The highest BCUT2D eigenvalue weighted by Gasteiger charge is 2.28. The van der Waals surface area contributed by atoms with E-state index in [1.165, 1.54) is 24.1 Å². The molecule has 2 saturated heterocycles. The Hall–Kier alpha value is -1.69. The van der Waals surface area contributed by atoms with Crippen molar-refractivity contribution in [1.82, 2.24) is 15.5 Å². The van der Waals surface area contributed by atoms with Crippen LogP contribution in [0.15, 0.2) is 6.07 Å². The quantitative estimate of drug-likeness (QED) is 0.912.